The number of aromatic amines is 1. The quantitative estimate of drug-likeness (QED) is 0.415. The lowest BCUT2D eigenvalue weighted by molar-refractivity contribution is -0.192. The minimum Gasteiger partial charge on any atom is -0.475 e. The van der Waals surface area contributed by atoms with E-state index in [4.69, 9.17) is 9.90 Å². The van der Waals surface area contributed by atoms with E-state index < -0.39 is 12.1 Å². The molecule has 1 aliphatic heterocycles. The highest BCUT2D eigenvalue weighted by Crippen LogP contribution is 2.29. The van der Waals surface area contributed by atoms with Crippen LogP contribution in [0, 0.1) is 6.92 Å². The molecule has 0 aliphatic carbocycles. The van der Waals surface area contributed by atoms with E-state index in [9.17, 15) is 22.8 Å². The minimum absolute atomic E-state index is 0.0725. The van der Waals surface area contributed by atoms with Gasteiger partial charge in [-0.3, -0.25) is 14.6 Å². The van der Waals surface area contributed by atoms with Crippen LogP contribution in [-0.2, 0) is 4.79 Å². The van der Waals surface area contributed by atoms with Crippen molar-refractivity contribution in [3.63, 3.8) is 0 Å². The number of nitrogens with one attached hydrogen (secondary N) is 4. The lowest BCUT2D eigenvalue weighted by Crippen LogP contribution is -2.28. The number of alkyl halides is 3. The maximum absolute atomic E-state index is 12.2. The Hall–Kier alpha value is -2.93. The van der Waals surface area contributed by atoms with E-state index >= 15 is 0 Å². The van der Waals surface area contributed by atoms with Crippen LogP contribution in [-0.4, -0.2) is 52.8 Å². The molecule has 13 heteroatoms. The fourth-order valence-electron chi connectivity index (χ4n) is 2.70. The summed E-state index contributed by atoms with van der Waals surface area (Å²) in [7, 11) is 0. The molecule has 1 amide bonds. The van der Waals surface area contributed by atoms with Crippen LogP contribution in [0.4, 0.5) is 19.1 Å². The lowest BCUT2D eigenvalue weighted by atomic mass is 10.2. The number of rotatable bonds is 6. The van der Waals surface area contributed by atoms with Crippen molar-refractivity contribution < 1.29 is 27.9 Å². The predicted octanol–water partition coefficient (Wildman–Crippen LogP) is 2.04. The molecule has 1 fully saturated rings. The summed E-state index contributed by atoms with van der Waals surface area (Å²) in [5.74, 6) is -2.41. The molecule has 2 aromatic rings. The number of thiophene rings is 1. The monoisotopic (exact) mass is 461 g/mol. The molecule has 0 aromatic carbocycles. The zero-order valence-electron chi connectivity index (χ0n) is 16.5. The SMILES string of the molecule is Cc1cc(=O)[nH]c(NCCNC(=O)c2ccc(C3CCCN3)s2)n1.O=C(O)C(F)(F)F. The van der Waals surface area contributed by atoms with Crippen molar-refractivity contribution >= 4 is 29.2 Å². The Bertz CT molecular complexity index is 954. The second-order valence-electron chi connectivity index (χ2n) is 6.57. The van der Waals surface area contributed by atoms with Crippen molar-refractivity contribution in [1.29, 1.82) is 0 Å². The molecule has 31 heavy (non-hydrogen) atoms. The molecule has 3 rings (SSSR count). The Morgan fingerprint density at radius 1 is 1.32 bits per heavy atom. The van der Waals surface area contributed by atoms with E-state index in [0.717, 1.165) is 17.8 Å². The largest absolute Gasteiger partial charge is 0.490 e. The van der Waals surface area contributed by atoms with E-state index in [1.807, 2.05) is 12.1 Å². The van der Waals surface area contributed by atoms with E-state index in [2.05, 4.69) is 25.9 Å². The first-order chi connectivity index (χ1) is 14.6. The summed E-state index contributed by atoms with van der Waals surface area (Å²) in [6.07, 6.45) is -2.77. The van der Waals surface area contributed by atoms with Crippen molar-refractivity contribution in [2.45, 2.75) is 32.0 Å². The maximum atomic E-state index is 12.2. The molecule has 5 N–H and O–H groups in total. The van der Waals surface area contributed by atoms with Crippen LogP contribution in [0.2, 0.25) is 0 Å². The minimum atomic E-state index is -5.08. The average Bonchev–Trinajstić information content (AvgIpc) is 3.35. The topological polar surface area (TPSA) is 136 Å². The van der Waals surface area contributed by atoms with Gasteiger partial charge in [-0.25, -0.2) is 9.78 Å². The van der Waals surface area contributed by atoms with E-state index in [1.54, 1.807) is 18.3 Å². The first kappa shape index (κ1) is 24.3. The summed E-state index contributed by atoms with van der Waals surface area (Å²) in [5, 5.41) is 16.4. The Morgan fingerprint density at radius 3 is 2.61 bits per heavy atom. The molecule has 0 bridgehead atoms. The van der Waals surface area contributed by atoms with Crippen LogP contribution in [0.5, 0.6) is 0 Å². The zero-order valence-corrected chi connectivity index (χ0v) is 17.3. The Labute approximate surface area is 179 Å². The van der Waals surface area contributed by atoms with E-state index in [0.29, 0.717) is 30.8 Å². The van der Waals surface area contributed by atoms with Gasteiger partial charge in [0.15, 0.2) is 0 Å². The van der Waals surface area contributed by atoms with Gasteiger partial charge in [0.05, 0.1) is 4.88 Å². The first-order valence-electron chi connectivity index (χ1n) is 9.29. The smallest absolute Gasteiger partial charge is 0.475 e. The number of carbonyl (C=O) groups is 2. The number of aliphatic carboxylic acids is 1. The molecule has 0 saturated carbocycles. The molecule has 9 nitrogen and oxygen atoms in total. The van der Waals surface area contributed by atoms with Gasteiger partial charge >= 0.3 is 12.1 Å². The van der Waals surface area contributed by atoms with Crippen molar-refractivity contribution in [2.75, 3.05) is 25.0 Å². The highest BCUT2D eigenvalue weighted by atomic mass is 32.1. The van der Waals surface area contributed by atoms with E-state index in [1.165, 1.54) is 17.4 Å². The molecule has 1 unspecified atom stereocenters. The van der Waals surface area contributed by atoms with Gasteiger partial charge in [-0.05, 0) is 38.4 Å². The van der Waals surface area contributed by atoms with Crippen LogP contribution < -0.4 is 21.5 Å². The van der Waals surface area contributed by atoms with Gasteiger partial charge in [0, 0.05) is 35.8 Å². The lowest BCUT2D eigenvalue weighted by Gasteiger charge is -2.07. The van der Waals surface area contributed by atoms with Gasteiger partial charge < -0.3 is 21.1 Å². The van der Waals surface area contributed by atoms with Crippen molar-refractivity contribution in [2.24, 2.45) is 0 Å². The number of H-pyrrole nitrogens is 1. The number of hydrogen-bond acceptors (Lipinski definition) is 7. The zero-order chi connectivity index (χ0) is 23.0. The number of nitrogens with zero attached hydrogens (tertiary/aromatic N) is 1. The molecule has 1 saturated heterocycles. The van der Waals surface area contributed by atoms with Gasteiger partial charge in [0.25, 0.3) is 11.5 Å². The number of carboxylic acids is 1. The summed E-state index contributed by atoms with van der Waals surface area (Å²) < 4.78 is 31.7. The fraction of sp³-hybridized carbons (Fsp3) is 0.444. The van der Waals surface area contributed by atoms with Crippen LogP contribution in [0.1, 0.15) is 39.1 Å². The second-order valence-corrected chi connectivity index (χ2v) is 7.69. The Kier molecular flexibility index (Phi) is 8.56. The first-order valence-corrected chi connectivity index (χ1v) is 10.1. The summed E-state index contributed by atoms with van der Waals surface area (Å²) >= 11 is 1.54. The molecule has 170 valence electrons. The van der Waals surface area contributed by atoms with Gasteiger partial charge in [0.2, 0.25) is 5.95 Å². The van der Waals surface area contributed by atoms with Gasteiger partial charge in [-0.2, -0.15) is 13.2 Å². The van der Waals surface area contributed by atoms with E-state index in [-0.39, 0.29) is 11.5 Å². The second kappa shape index (κ2) is 10.9. The highest BCUT2D eigenvalue weighted by molar-refractivity contribution is 7.14. The standard InChI is InChI=1S/C16H21N5O2S.C2HF3O2/c1-10-9-14(22)21-16(20-10)19-8-7-18-15(23)13-5-4-12(24-13)11-3-2-6-17-11;3-2(4,5)1(6)7/h4-5,9,11,17H,2-3,6-8H2,1H3,(H,18,23)(H2,19,20,21,22);(H,6,7). The summed E-state index contributed by atoms with van der Waals surface area (Å²) in [5.41, 5.74) is 0.456. The number of carbonyl (C=O) groups excluding carboxylic acids is 1. The number of halogens is 3. The molecule has 0 radical (unpaired) electrons. The van der Waals surface area contributed by atoms with Crippen LogP contribution in [0.25, 0.3) is 0 Å². The Morgan fingerprint density at radius 2 is 2.03 bits per heavy atom. The number of carboxylic acid groups (broad SMARTS) is 1. The summed E-state index contributed by atoms with van der Waals surface area (Å²) in [6.45, 7) is 3.74. The number of hydrogen-bond donors (Lipinski definition) is 5. The predicted molar refractivity (Wildman–Crippen MR) is 108 cm³/mol. The average molecular weight is 461 g/mol. The highest BCUT2D eigenvalue weighted by Gasteiger charge is 2.38. The number of aryl methyl sites for hydroxylation is 1. The van der Waals surface area contributed by atoms with Crippen LogP contribution >= 0.6 is 11.3 Å². The molecule has 1 aliphatic rings. The van der Waals surface area contributed by atoms with Gasteiger partial charge in [-0.15, -0.1) is 11.3 Å². The van der Waals surface area contributed by atoms with Crippen LogP contribution in [0.15, 0.2) is 23.0 Å². The molecule has 2 aromatic heterocycles. The molecule has 3 heterocycles. The normalized spacial score (nSPS) is 15.7. The molecular weight excluding hydrogens is 439 g/mol. The van der Waals surface area contributed by atoms with Crippen molar-refractivity contribution in [3.05, 3.63) is 44.0 Å². The molecule has 1 atom stereocenters. The number of aromatic nitrogens is 2. The van der Waals surface area contributed by atoms with Crippen molar-refractivity contribution in [3.8, 4) is 0 Å². The van der Waals surface area contributed by atoms with Gasteiger partial charge in [0.1, 0.15) is 0 Å². The molecule has 0 spiro atoms. The fourth-order valence-corrected chi connectivity index (χ4v) is 3.73. The number of amides is 1. The third-order valence-electron chi connectivity index (χ3n) is 4.07. The third kappa shape index (κ3) is 8.02. The maximum Gasteiger partial charge on any atom is 0.490 e. The number of anilines is 1. The van der Waals surface area contributed by atoms with Gasteiger partial charge in [-0.1, -0.05) is 0 Å². The Balaban J connectivity index is 0.000000423. The van der Waals surface area contributed by atoms with Crippen LogP contribution in [0.3, 0.4) is 0 Å². The molecular formula is C18H22F3N5O4S. The summed E-state index contributed by atoms with van der Waals surface area (Å²) in [4.78, 5) is 41.1. The van der Waals surface area contributed by atoms with Crippen molar-refractivity contribution in [1.82, 2.24) is 20.6 Å². The summed E-state index contributed by atoms with van der Waals surface area (Å²) in [6, 6.07) is 5.73. The third-order valence-corrected chi connectivity index (χ3v) is 5.27.